The molecule has 1 N–H and O–H groups in total. The molecule has 0 spiro atoms. The zero-order valence-corrected chi connectivity index (χ0v) is 14.9. The molecule has 2 aromatic rings. The third kappa shape index (κ3) is 6.46. The van der Waals surface area contributed by atoms with Crippen molar-refractivity contribution in [1.29, 1.82) is 0 Å². The molecule has 0 saturated heterocycles. The Bertz CT molecular complexity index is 827. The molecule has 0 aliphatic rings. The van der Waals surface area contributed by atoms with Gasteiger partial charge < -0.3 is 14.9 Å². The molecule has 5 nitrogen and oxygen atoms in total. The minimum atomic E-state index is -3.18. The molecule has 0 aromatic heterocycles. The fourth-order valence-electron chi connectivity index (χ4n) is 2.26. The summed E-state index contributed by atoms with van der Waals surface area (Å²) in [7, 11) is 0. The summed E-state index contributed by atoms with van der Waals surface area (Å²) in [6, 6.07) is 12.2. The van der Waals surface area contributed by atoms with Gasteiger partial charge in [0.2, 0.25) is 5.91 Å². The number of amidine groups is 1. The van der Waals surface area contributed by atoms with Crippen molar-refractivity contribution < 1.29 is 27.5 Å². The molecular formula is C20H19F3N2O3. The van der Waals surface area contributed by atoms with E-state index < -0.39 is 29.6 Å². The smallest absolute Gasteiger partial charge is 0.387 e. The topological polar surface area (TPSA) is 59.9 Å². The molecule has 0 bridgehead atoms. The predicted molar refractivity (Wildman–Crippen MR) is 98.6 cm³/mol. The van der Waals surface area contributed by atoms with E-state index in [2.05, 4.69) is 21.8 Å². The zero-order valence-electron chi connectivity index (χ0n) is 14.9. The monoisotopic (exact) mass is 392 g/mol. The summed E-state index contributed by atoms with van der Waals surface area (Å²) in [6.45, 7) is 0.465. The maximum Gasteiger partial charge on any atom is 0.387 e. The van der Waals surface area contributed by atoms with Crippen molar-refractivity contribution in [2.24, 2.45) is 5.16 Å². The van der Waals surface area contributed by atoms with Crippen LogP contribution in [0.15, 0.2) is 66.3 Å². The first-order chi connectivity index (χ1) is 13.5. The minimum absolute atomic E-state index is 0.0218. The number of alkyl halides is 2. The first kappa shape index (κ1) is 21.0. The lowest BCUT2D eigenvalue weighted by molar-refractivity contribution is -0.119. The second kappa shape index (κ2) is 10.8. The van der Waals surface area contributed by atoms with Gasteiger partial charge in [-0.3, -0.25) is 4.79 Å². The van der Waals surface area contributed by atoms with Gasteiger partial charge in [-0.25, -0.2) is 4.39 Å². The molecule has 0 fully saturated rings. The van der Waals surface area contributed by atoms with Crippen LogP contribution in [0, 0.1) is 5.82 Å². The van der Waals surface area contributed by atoms with Crippen molar-refractivity contribution in [2.75, 3.05) is 6.61 Å². The van der Waals surface area contributed by atoms with Crippen LogP contribution in [-0.4, -0.2) is 25.0 Å². The predicted octanol–water partition coefficient (Wildman–Crippen LogP) is 4.04. The Kier molecular flexibility index (Phi) is 8.08. The number of rotatable bonds is 9. The van der Waals surface area contributed by atoms with E-state index >= 15 is 0 Å². The van der Waals surface area contributed by atoms with E-state index in [1.807, 2.05) is 0 Å². The fraction of sp³-hybridized carbons (Fsp3) is 0.200. The normalized spacial score (nSPS) is 11.2. The number of benzene rings is 2. The number of hydrogen-bond donors (Lipinski definition) is 1. The Morgan fingerprint density at radius 2 is 1.93 bits per heavy atom. The number of hydrogen-bond acceptors (Lipinski definition) is 4. The Labute approximate surface area is 160 Å². The average molecular weight is 392 g/mol. The Morgan fingerprint density at radius 3 is 2.61 bits per heavy atom. The minimum Gasteiger partial charge on any atom is -0.434 e. The number of oxime groups is 1. The first-order valence-corrected chi connectivity index (χ1v) is 8.39. The third-order valence-corrected chi connectivity index (χ3v) is 3.46. The molecule has 0 heterocycles. The molecule has 2 aromatic carbocycles. The number of ether oxygens (including phenoxy) is 1. The van der Waals surface area contributed by atoms with Crippen molar-refractivity contribution in [3.63, 3.8) is 0 Å². The largest absolute Gasteiger partial charge is 0.434 e. The average Bonchev–Trinajstić information content (AvgIpc) is 2.65. The van der Waals surface area contributed by atoms with Gasteiger partial charge in [-0.2, -0.15) is 8.78 Å². The quantitative estimate of drug-likeness (QED) is 0.230. The van der Waals surface area contributed by atoms with Gasteiger partial charge >= 0.3 is 6.61 Å². The van der Waals surface area contributed by atoms with Crippen LogP contribution in [0.2, 0.25) is 0 Å². The lowest BCUT2D eigenvalue weighted by Gasteiger charge is -2.14. The number of nitrogens with zero attached hydrogens (tertiary/aromatic N) is 1. The molecule has 0 unspecified atom stereocenters. The van der Waals surface area contributed by atoms with Gasteiger partial charge in [0.05, 0.1) is 12.0 Å². The number of halogens is 3. The molecule has 0 aliphatic heterocycles. The van der Waals surface area contributed by atoms with Gasteiger partial charge in [0, 0.05) is 6.42 Å². The summed E-state index contributed by atoms with van der Waals surface area (Å²) in [5.41, 5.74) is 0.285. The van der Waals surface area contributed by atoms with Crippen LogP contribution in [0.5, 0.6) is 5.75 Å². The van der Waals surface area contributed by atoms with Crippen LogP contribution < -0.4 is 10.1 Å². The van der Waals surface area contributed by atoms with Gasteiger partial charge in [-0.15, -0.1) is 6.58 Å². The first-order valence-electron chi connectivity index (χ1n) is 8.39. The molecule has 148 valence electrons. The SMILES string of the molecule is C=CCCON=C(NC(=O)Cc1ccccc1)c1c(F)cccc1OC(F)F. The van der Waals surface area contributed by atoms with E-state index in [0.29, 0.717) is 12.0 Å². The Balaban J connectivity index is 2.29. The van der Waals surface area contributed by atoms with Crippen LogP contribution in [0.25, 0.3) is 0 Å². The number of carbonyl (C=O) groups is 1. The van der Waals surface area contributed by atoms with Crippen molar-refractivity contribution in [3.8, 4) is 5.75 Å². The molecule has 8 heteroatoms. The van der Waals surface area contributed by atoms with Crippen molar-refractivity contribution >= 4 is 11.7 Å². The van der Waals surface area contributed by atoms with Gasteiger partial charge in [0.15, 0.2) is 5.84 Å². The lowest BCUT2D eigenvalue weighted by atomic mass is 10.1. The van der Waals surface area contributed by atoms with Crippen LogP contribution in [0.3, 0.4) is 0 Å². The standard InChI is InChI=1S/C20H19F3N2O3/c1-2-3-12-27-25-19(24-17(26)13-14-8-5-4-6-9-14)18-15(21)10-7-11-16(18)28-20(22)23/h2,4-11,20H,1,3,12-13H2,(H,24,25,26). The van der Waals surface area contributed by atoms with Crippen molar-refractivity contribution in [2.45, 2.75) is 19.5 Å². The van der Waals surface area contributed by atoms with E-state index in [1.54, 1.807) is 36.4 Å². The summed E-state index contributed by atoms with van der Waals surface area (Å²) in [5, 5.41) is 6.12. The Morgan fingerprint density at radius 1 is 1.18 bits per heavy atom. The zero-order chi connectivity index (χ0) is 20.4. The number of carbonyl (C=O) groups excluding carboxylic acids is 1. The molecule has 2 rings (SSSR count). The highest BCUT2D eigenvalue weighted by atomic mass is 19.3. The summed E-state index contributed by atoms with van der Waals surface area (Å²) in [6.07, 6.45) is 2.01. The van der Waals surface area contributed by atoms with Crippen LogP contribution in [-0.2, 0) is 16.1 Å². The van der Waals surface area contributed by atoms with Crippen LogP contribution in [0.1, 0.15) is 17.5 Å². The van der Waals surface area contributed by atoms with Gasteiger partial charge in [0.1, 0.15) is 18.2 Å². The van der Waals surface area contributed by atoms with E-state index in [-0.39, 0.29) is 18.9 Å². The summed E-state index contributed by atoms with van der Waals surface area (Å²) < 4.78 is 44.1. The highest BCUT2D eigenvalue weighted by Crippen LogP contribution is 2.24. The van der Waals surface area contributed by atoms with E-state index in [4.69, 9.17) is 4.84 Å². The Hall–Kier alpha value is -3.29. The van der Waals surface area contributed by atoms with Gasteiger partial charge in [-0.1, -0.05) is 47.6 Å². The van der Waals surface area contributed by atoms with Crippen molar-refractivity contribution in [3.05, 3.63) is 78.1 Å². The third-order valence-electron chi connectivity index (χ3n) is 3.46. The maximum absolute atomic E-state index is 14.4. The molecule has 0 aliphatic carbocycles. The maximum atomic E-state index is 14.4. The molecule has 1 amide bonds. The van der Waals surface area contributed by atoms with Crippen LogP contribution >= 0.6 is 0 Å². The summed E-state index contributed by atoms with van der Waals surface area (Å²) >= 11 is 0. The second-order valence-electron chi connectivity index (χ2n) is 5.55. The molecule has 0 radical (unpaired) electrons. The van der Waals surface area contributed by atoms with Gasteiger partial charge in [-0.05, 0) is 17.7 Å². The molecular weight excluding hydrogens is 373 g/mol. The highest BCUT2D eigenvalue weighted by molar-refractivity contribution is 6.09. The van der Waals surface area contributed by atoms with Crippen LogP contribution in [0.4, 0.5) is 13.2 Å². The second-order valence-corrected chi connectivity index (χ2v) is 5.55. The van der Waals surface area contributed by atoms with Crippen molar-refractivity contribution in [1.82, 2.24) is 5.32 Å². The molecule has 0 saturated carbocycles. The van der Waals surface area contributed by atoms with E-state index in [9.17, 15) is 18.0 Å². The molecule has 0 atom stereocenters. The highest BCUT2D eigenvalue weighted by Gasteiger charge is 2.21. The van der Waals surface area contributed by atoms with E-state index in [0.717, 1.165) is 12.1 Å². The number of amides is 1. The number of nitrogens with one attached hydrogen (secondary N) is 1. The van der Waals surface area contributed by atoms with Gasteiger partial charge in [0.25, 0.3) is 0 Å². The van der Waals surface area contributed by atoms with E-state index in [1.165, 1.54) is 6.07 Å². The molecule has 28 heavy (non-hydrogen) atoms. The lowest BCUT2D eigenvalue weighted by Crippen LogP contribution is -2.34. The summed E-state index contributed by atoms with van der Waals surface area (Å²) in [5.74, 6) is -2.26. The fourth-order valence-corrected chi connectivity index (χ4v) is 2.26. The summed E-state index contributed by atoms with van der Waals surface area (Å²) in [4.78, 5) is 17.4.